The van der Waals surface area contributed by atoms with Gasteiger partial charge >= 0.3 is 11.7 Å². The van der Waals surface area contributed by atoms with Crippen LogP contribution in [0.15, 0.2) is 12.1 Å². The van der Waals surface area contributed by atoms with Crippen molar-refractivity contribution < 1.29 is 24.5 Å². The van der Waals surface area contributed by atoms with E-state index in [0.29, 0.717) is 0 Å². The number of nitro benzene ring substituents is 2. The number of ether oxygens (including phenoxy) is 1. The Kier molecular flexibility index (Phi) is 3.03. The van der Waals surface area contributed by atoms with Crippen LogP contribution >= 0.6 is 0 Å². The molecule has 19 heavy (non-hydrogen) atoms. The molecule has 9 nitrogen and oxygen atoms in total. The summed E-state index contributed by atoms with van der Waals surface area (Å²) in [6.07, 6.45) is -0.886. The summed E-state index contributed by atoms with van der Waals surface area (Å²) >= 11 is 0. The number of fused-ring (bicyclic) bond motifs is 1. The average Bonchev–Trinajstić information content (AvgIpc) is 2.36. The fourth-order valence-corrected chi connectivity index (χ4v) is 1.88. The van der Waals surface area contributed by atoms with Gasteiger partial charge in [-0.2, -0.15) is 0 Å². The first kappa shape index (κ1) is 12.7. The normalized spacial score (nSPS) is 17.2. The standard InChI is InChI=1S/C10H8N2O7/c13-10(14)8-2-1-5-3-6(11(15)16)4-7(12(17)18)9(5)19-8/h3-4,8H,1-2H2,(H,13,14)/t8-/m0/s1. The van der Waals surface area contributed by atoms with Crippen LogP contribution in [-0.2, 0) is 11.2 Å². The van der Waals surface area contributed by atoms with E-state index in [1.54, 1.807) is 0 Å². The van der Waals surface area contributed by atoms with E-state index in [4.69, 9.17) is 9.84 Å². The molecular formula is C10H8N2O7. The van der Waals surface area contributed by atoms with Crippen molar-refractivity contribution in [1.29, 1.82) is 0 Å². The molecule has 100 valence electrons. The van der Waals surface area contributed by atoms with Gasteiger partial charge in [0.1, 0.15) is 0 Å². The van der Waals surface area contributed by atoms with E-state index < -0.39 is 33.3 Å². The Morgan fingerprint density at radius 2 is 2.00 bits per heavy atom. The molecule has 0 fully saturated rings. The van der Waals surface area contributed by atoms with Crippen LogP contribution < -0.4 is 4.74 Å². The third kappa shape index (κ3) is 2.30. The monoisotopic (exact) mass is 268 g/mol. The molecule has 1 aliphatic rings. The van der Waals surface area contributed by atoms with Crippen molar-refractivity contribution >= 4 is 17.3 Å². The van der Waals surface area contributed by atoms with Crippen LogP contribution in [0, 0.1) is 20.2 Å². The van der Waals surface area contributed by atoms with Gasteiger partial charge in [-0.15, -0.1) is 0 Å². The number of rotatable bonds is 3. The first-order chi connectivity index (χ1) is 8.90. The minimum atomic E-state index is -1.22. The Hall–Kier alpha value is -2.71. The van der Waals surface area contributed by atoms with E-state index in [9.17, 15) is 25.0 Å². The quantitative estimate of drug-likeness (QED) is 0.644. The van der Waals surface area contributed by atoms with Crippen LogP contribution in [0.4, 0.5) is 11.4 Å². The molecule has 0 spiro atoms. The van der Waals surface area contributed by atoms with Gasteiger partial charge in [0.05, 0.1) is 15.9 Å². The van der Waals surface area contributed by atoms with Gasteiger partial charge in [-0.25, -0.2) is 4.79 Å². The molecule has 1 aliphatic heterocycles. The van der Waals surface area contributed by atoms with E-state index in [2.05, 4.69) is 0 Å². The maximum Gasteiger partial charge on any atom is 0.344 e. The van der Waals surface area contributed by atoms with E-state index >= 15 is 0 Å². The van der Waals surface area contributed by atoms with Crippen molar-refractivity contribution in [2.75, 3.05) is 0 Å². The van der Waals surface area contributed by atoms with Gasteiger partial charge in [-0.1, -0.05) is 0 Å². The van der Waals surface area contributed by atoms with E-state index in [1.165, 1.54) is 6.07 Å². The Bertz CT molecular complexity index is 583. The summed E-state index contributed by atoms with van der Waals surface area (Å²) < 4.78 is 5.06. The predicted molar refractivity (Wildman–Crippen MR) is 60.1 cm³/mol. The molecule has 0 amide bonds. The largest absolute Gasteiger partial charge is 0.479 e. The number of carbonyl (C=O) groups is 1. The van der Waals surface area contributed by atoms with Crippen LogP contribution in [0.5, 0.6) is 5.75 Å². The Labute approximate surface area is 105 Å². The number of aryl methyl sites for hydroxylation is 1. The minimum Gasteiger partial charge on any atom is -0.479 e. The summed E-state index contributed by atoms with van der Waals surface area (Å²) in [5, 5.41) is 30.4. The van der Waals surface area contributed by atoms with Crippen molar-refractivity contribution in [2.45, 2.75) is 18.9 Å². The summed E-state index contributed by atoms with van der Waals surface area (Å²) in [4.78, 5) is 30.8. The smallest absolute Gasteiger partial charge is 0.344 e. The third-order valence-corrected chi connectivity index (χ3v) is 2.75. The molecule has 1 aromatic carbocycles. The van der Waals surface area contributed by atoms with Gasteiger partial charge in [-0.05, 0) is 12.8 Å². The zero-order chi connectivity index (χ0) is 14.2. The highest BCUT2D eigenvalue weighted by Crippen LogP contribution is 2.39. The number of hydrogen-bond acceptors (Lipinski definition) is 6. The molecule has 0 radical (unpaired) electrons. The molecule has 0 saturated carbocycles. The van der Waals surface area contributed by atoms with Crippen LogP contribution in [0.25, 0.3) is 0 Å². The van der Waals surface area contributed by atoms with Crippen molar-refractivity contribution in [1.82, 2.24) is 0 Å². The van der Waals surface area contributed by atoms with Crippen molar-refractivity contribution in [3.8, 4) is 5.75 Å². The second-order valence-corrected chi connectivity index (χ2v) is 3.95. The number of benzene rings is 1. The lowest BCUT2D eigenvalue weighted by atomic mass is 10.0. The average molecular weight is 268 g/mol. The summed E-state index contributed by atoms with van der Waals surface area (Å²) in [7, 11) is 0. The topological polar surface area (TPSA) is 133 Å². The number of aliphatic carboxylic acids is 1. The third-order valence-electron chi connectivity index (χ3n) is 2.75. The molecule has 0 aromatic heterocycles. The number of carboxylic acids is 1. The highest BCUT2D eigenvalue weighted by molar-refractivity contribution is 5.74. The summed E-state index contributed by atoms with van der Waals surface area (Å²) in [6.45, 7) is 0. The fraction of sp³-hybridized carbons (Fsp3) is 0.300. The number of non-ortho nitro benzene ring substituents is 1. The molecule has 0 aliphatic carbocycles. The molecule has 0 unspecified atom stereocenters. The SMILES string of the molecule is O=C(O)[C@@H]1CCc2cc([N+](=O)[O-])cc([N+](=O)[O-])c2O1. The molecule has 0 saturated heterocycles. The summed E-state index contributed by atoms with van der Waals surface area (Å²) in [6, 6.07) is 1.93. The van der Waals surface area contributed by atoms with Gasteiger partial charge in [0.2, 0.25) is 5.75 Å². The summed E-state index contributed by atoms with van der Waals surface area (Å²) in [5.41, 5.74) is -0.726. The Morgan fingerprint density at radius 3 is 2.53 bits per heavy atom. The van der Waals surface area contributed by atoms with E-state index in [1.807, 2.05) is 0 Å². The van der Waals surface area contributed by atoms with Crippen LogP contribution in [-0.4, -0.2) is 27.0 Å². The number of hydrogen-bond donors (Lipinski definition) is 1. The molecule has 0 bridgehead atoms. The highest BCUT2D eigenvalue weighted by Gasteiger charge is 2.33. The maximum absolute atomic E-state index is 10.9. The Balaban J connectivity index is 2.53. The molecular weight excluding hydrogens is 260 g/mol. The Morgan fingerprint density at radius 1 is 1.32 bits per heavy atom. The van der Waals surface area contributed by atoms with Gasteiger partial charge in [0.25, 0.3) is 5.69 Å². The van der Waals surface area contributed by atoms with E-state index in [0.717, 1.165) is 6.07 Å². The lowest BCUT2D eigenvalue weighted by Gasteiger charge is -2.22. The molecule has 1 N–H and O–H groups in total. The van der Waals surface area contributed by atoms with Crippen molar-refractivity contribution in [2.24, 2.45) is 0 Å². The van der Waals surface area contributed by atoms with Crippen molar-refractivity contribution in [3.63, 3.8) is 0 Å². The van der Waals surface area contributed by atoms with Gasteiger partial charge < -0.3 is 9.84 Å². The van der Waals surface area contributed by atoms with Crippen LogP contribution in [0.3, 0.4) is 0 Å². The predicted octanol–water partition coefficient (Wildman–Crippen LogP) is 1.28. The lowest BCUT2D eigenvalue weighted by molar-refractivity contribution is -0.395. The number of carboxylic acid groups (broad SMARTS) is 1. The lowest BCUT2D eigenvalue weighted by Crippen LogP contribution is -2.31. The van der Waals surface area contributed by atoms with Crippen molar-refractivity contribution in [3.05, 3.63) is 37.9 Å². The minimum absolute atomic E-state index is 0.112. The van der Waals surface area contributed by atoms with Crippen LogP contribution in [0.2, 0.25) is 0 Å². The molecule has 2 rings (SSSR count). The first-order valence-corrected chi connectivity index (χ1v) is 5.25. The molecule has 1 heterocycles. The number of nitro groups is 2. The van der Waals surface area contributed by atoms with Gasteiger partial charge in [0.15, 0.2) is 6.10 Å². The van der Waals surface area contributed by atoms with Gasteiger partial charge in [0, 0.05) is 11.6 Å². The zero-order valence-electron chi connectivity index (χ0n) is 9.44. The highest BCUT2D eigenvalue weighted by atomic mass is 16.6. The first-order valence-electron chi connectivity index (χ1n) is 5.25. The molecule has 9 heteroatoms. The second kappa shape index (κ2) is 4.52. The van der Waals surface area contributed by atoms with Gasteiger partial charge in [-0.3, -0.25) is 20.2 Å². The zero-order valence-corrected chi connectivity index (χ0v) is 9.44. The molecule has 1 atom stereocenters. The maximum atomic E-state index is 10.9. The molecule has 1 aromatic rings. The second-order valence-electron chi connectivity index (χ2n) is 3.95. The fourth-order valence-electron chi connectivity index (χ4n) is 1.88. The number of nitrogens with zero attached hydrogens (tertiary/aromatic N) is 2. The summed E-state index contributed by atoms with van der Waals surface area (Å²) in [5.74, 6) is -1.42. The van der Waals surface area contributed by atoms with Crippen LogP contribution in [0.1, 0.15) is 12.0 Å². The van der Waals surface area contributed by atoms with E-state index in [-0.39, 0.29) is 24.2 Å².